The smallest absolute Gasteiger partial charge is 0.221 e. The lowest BCUT2D eigenvalue weighted by Gasteiger charge is -2.37. The van der Waals surface area contributed by atoms with E-state index in [0.29, 0.717) is 12.2 Å². The maximum atomic E-state index is 14.4. The van der Waals surface area contributed by atoms with Crippen LogP contribution < -0.4 is 0 Å². The molecule has 0 aromatic heterocycles. The van der Waals surface area contributed by atoms with Crippen LogP contribution in [0.2, 0.25) is 5.02 Å². The van der Waals surface area contributed by atoms with Crippen molar-refractivity contribution in [2.24, 2.45) is 0 Å². The van der Waals surface area contributed by atoms with E-state index in [1.165, 1.54) is 12.1 Å². The van der Waals surface area contributed by atoms with Crippen LogP contribution in [0.3, 0.4) is 0 Å². The van der Waals surface area contributed by atoms with E-state index in [4.69, 9.17) is 11.6 Å². The normalized spacial score (nSPS) is 18.5. The van der Waals surface area contributed by atoms with Crippen molar-refractivity contribution in [1.29, 1.82) is 0 Å². The molecule has 1 aliphatic carbocycles. The molecular weight excluding hydrogens is 572 g/mol. The predicted molar refractivity (Wildman–Crippen MR) is 96.6 cm³/mol. The van der Waals surface area contributed by atoms with Crippen molar-refractivity contribution in [3.8, 4) is 0 Å². The number of halogens is 10. The van der Waals surface area contributed by atoms with Gasteiger partial charge in [-0.15, -0.1) is 0 Å². The van der Waals surface area contributed by atoms with E-state index >= 15 is 0 Å². The minimum absolute atomic E-state index is 0.0387. The zero-order valence-corrected chi connectivity index (χ0v) is 17.9. The Morgan fingerprint density at radius 2 is 1.39 bits per heavy atom. The average Bonchev–Trinajstić information content (AvgIpc) is 2.52. The van der Waals surface area contributed by atoms with Gasteiger partial charge >= 0.3 is 17.4 Å². The van der Waals surface area contributed by atoms with E-state index < -0.39 is 42.5 Å². The summed E-state index contributed by atoms with van der Waals surface area (Å²) >= 11 is 11.7. The van der Waals surface area contributed by atoms with Gasteiger partial charge in [-0.25, -0.2) is 8.42 Å². The third-order valence-electron chi connectivity index (χ3n) is 3.88. The second kappa shape index (κ2) is 7.28. The zero-order valence-electron chi connectivity index (χ0n) is 13.2. The van der Waals surface area contributed by atoms with E-state index in [-0.39, 0.29) is 15.4 Å². The largest absolute Gasteiger partial charge is 0.461 e. The molecule has 0 heterocycles. The number of rotatable bonds is 4. The fraction of sp³-hybridized carbons (Fsp3) is 0.333. The van der Waals surface area contributed by atoms with Gasteiger partial charge < -0.3 is 0 Å². The van der Waals surface area contributed by atoms with E-state index in [1.807, 2.05) is 0 Å². The fourth-order valence-electron chi connectivity index (χ4n) is 2.55. The Labute approximate surface area is 176 Å². The first-order valence-electron chi connectivity index (χ1n) is 7.07. The van der Waals surface area contributed by atoms with Crippen molar-refractivity contribution in [1.82, 2.24) is 0 Å². The van der Waals surface area contributed by atoms with Crippen molar-refractivity contribution in [2.75, 3.05) is 0 Å². The maximum absolute atomic E-state index is 14.4. The topological polar surface area (TPSA) is 34.1 Å². The Balaban J connectivity index is 2.94. The fourth-order valence-corrected chi connectivity index (χ4v) is 6.84. The molecule has 0 saturated heterocycles. The Hall–Kier alpha value is -0.590. The van der Waals surface area contributed by atoms with Gasteiger partial charge in [0.25, 0.3) is 0 Å². The zero-order chi connectivity index (χ0) is 21.8. The molecule has 1 aromatic rings. The molecule has 0 unspecified atom stereocenters. The van der Waals surface area contributed by atoms with Gasteiger partial charge in [0.1, 0.15) is 4.75 Å². The van der Waals surface area contributed by atoms with Gasteiger partial charge in [0.2, 0.25) is 9.84 Å². The van der Waals surface area contributed by atoms with Crippen molar-refractivity contribution in [2.45, 2.75) is 28.5 Å². The highest BCUT2D eigenvalue weighted by Gasteiger charge is 2.81. The quantitative estimate of drug-likeness (QED) is 0.372. The molecule has 0 spiro atoms. The summed E-state index contributed by atoms with van der Waals surface area (Å²) in [6, 6.07) is 4.51. The standard InChI is InChI=1S/C15H8Br2ClF7O2S/c16-8-5-9(17)7-12(6-8,10-3-1-2-4-11(10)18)28(26,27)15(24,25)13(19,20)14(21,22)23/h1-4,6-7H,5H2. The van der Waals surface area contributed by atoms with Gasteiger partial charge in [0.15, 0.2) is 0 Å². The van der Waals surface area contributed by atoms with Crippen molar-refractivity contribution in [3.63, 3.8) is 0 Å². The maximum Gasteiger partial charge on any atom is 0.461 e. The van der Waals surface area contributed by atoms with Gasteiger partial charge in [-0.2, -0.15) is 30.7 Å². The van der Waals surface area contributed by atoms with Crippen molar-refractivity contribution < 1.29 is 39.2 Å². The van der Waals surface area contributed by atoms with Gasteiger partial charge in [-0.1, -0.05) is 61.7 Å². The molecule has 0 bridgehead atoms. The highest BCUT2D eigenvalue weighted by atomic mass is 79.9. The summed E-state index contributed by atoms with van der Waals surface area (Å²) in [7, 11) is -6.61. The molecule has 0 N–H and O–H groups in total. The Kier molecular flexibility index (Phi) is 6.16. The molecule has 13 heteroatoms. The summed E-state index contributed by atoms with van der Waals surface area (Å²) < 4.78 is 116. The summed E-state index contributed by atoms with van der Waals surface area (Å²) in [6.45, 7) is 0. The third-order valence-corrected chi connectivity index (χ3v) is 7.50. The first-order valence-corrected chi connectivity index (χ1v) is 10.5. The molecule has 0 radical (unpaired) electrons. The SMILES string of the molecule is O=S(=O)(C1(c2ccccc2Cl)C=C(Br)CC(Br)=C1)C(F)(F)C(F)(F)C(F)(F)F. The molecule has 1 aromatic carbocycles. The highest BCUT2D eigenvalue weighted by molar-refractivity contribution is 9.12. The lowest BCUT2D eigenvalue weighted by molar-refractivity contribution is -0.332. The van der Waals surface area contributed by atoms with Crippen LogP contribution in [0, 0.1) is 0 Å². The molecule has 0 amide bonds. The van der Waals surface area contributed by atoms with Crippen LogP contribution >= 0.6 is 43.5 Å². The van der Waals surface area contributed by atoms with E-state index in [2.05, 4.69) is 31.9 Å². The molecule has 0 fully saturated rings. The van der Waals surface area contributed by atoms with Crippen LogP contribution in [0.4, 0.5) is 30.7 Å². The first kappa shape index (κ1) is 23.7. The number of hydrogen-bond donors (Lipinski definition) is 0. The van der Waals surface area contributed by atoms with E-state index in [0.717, 1.165) is 12.1 Å². The van der Waals surface area contributed by atoms with Gasteiger partial charge in [0.05, 0.1) is 0 Å². The molecule has 156 valence electrons. The van der Waals surface area contributed by atoms with Crippen LogP contribution in [0.1, 0.15) is 12.0 Å². The minimum Gasteiger partial charge on any atom is -0.221 e. The second-order valence-electron chi connectivity index (χ2n) is 5.72. The van der Waals surface area contributed by atoms with Crippen molar-refractivity contribution >= 4 is 53.3 Å². The number of hydrogen-bond acceptors (Lipinski definition) is 2. The molecule has 0 saturated carbocycles. The average molecular weight is 581 g/mol. The predicted octanol–water partition coefficient (Wildman–Crippen LogP) is 6.70. The molecule has 0 atom stereocenters. The molecule has 2 rings (SSSR count). The summed E-state index contributed by atoms with van der Waals surface area (Å²) in [6.07, 6.45) is -5.62. The number of alkyl halides is 7. The van der Waals surface area contributed by atoms with Gasteiger partial charge in [-0.05, 0) is 32.7 Å². The number of benzene rings is 1. The molecule has 1 aliphatic rings. The summed E-state index contributed by atoms with van der Waals surface area (Å²) in [5.74, 6) is -6.86. The number of allylic oxidation sites excluding steroid dienone is 2. The monoisotopic (exact) mass is 578 g/mol. The Bertz CT molecular complexity index is 937. The van der Waals surface area contributed by atoms with E-state index in [9.17, 15) is 39.2 Å². The third kappa shape index (κ3) is 3.43. The van der Waals surface area contributed by atoms with Crippen LogP contribution in [0.25, 0.3) is 0 Å². The van der Waals surface area contributed by atoms with Crippen LogP contribution in [0.5, 0.6) is 0 Å². The first-order chi connectivity index (χ1) is 12.5. The lowest BCUT2D eigenvalue weighted by atomic mass is 9.93. The van der Waals surface area contributed by atoms with E-state index in [1.54, 1.807) is 0 Å². The molecule has 0 aliphatic heterocycles. The summed E-state index contributed by atoms with van der Waals surface area (Å²) in [4.78, 5) is 0. The van der Waals surface area contributed by atoms with Gasteiger partial charge in [0, 0.05) is 11.4 Å². The lowest BCUT2D eigenvalue weighted by Crippen LogP contribution is -2.60. The molecule has 28 heavy (non-hydrogen) atoms. The summed E-state index contributed by atoms with van der Waals surface area (Å²) in [5, 5.41) is -6.94. The number of sulfone groups is 1. The summed E-state index contributed by atoms with van der Waals surface area (Å²) in [5.41, 5.74) is -0.608. The second-order valence-corrected chi connectivity index (χ2v) is 10.4. The Morgan fingerprint density at radius 1 is 0.929 bits per heavy atom. The Morgan fingerprint density at radius 3 is 1.82 bits per heavy atom. The molecule has 2 nitrogen and oxygen atoms in total. The van der Waals surface area contributed by atoms with Crippen LogP contribution in [0.15, 0.2) is 45.4 Å². The minimum atomic E-state index is -6.86. The van der Waals surface area contributed by atoms with Crippen LogP contribution in [-0.4, -0.2) is 25.8 Å². The van der Waals surface area contributed by atoms with Crippen molar-refractivity contribution in [3.05, 3.63) is 56.0 Å². The molecular formula is C15H8Br2ClF7O2S. The van der Waals surface area contributed by atoms with Gasteiger partial charge in [-0.3, -0.25) is 0 Å². The highest BCUT2D eigenvalue weighted by Crippen LogP contribution is 2.56. The van der Waals surface area contributed by atoms with Crippen LogP contribution in [-0.2, 0) is 14.6 Å².